The fourth-order valence-corrected chi connectivity index (χ4v) is 2.02. The Kier molecular flexibility index (Phi) is 3.43. The van der Waals surface area contributed by atoms with Crippen molar-refractivity contribution in [1.82, 2.24) is 4.98 Å². The average Bonchev–Trinajstić information content (AvgIpc) is 2.74. The summed E-state index contributed by atoms with van der Waals surface area (Å²) in [6, 6.07) is 4.73. The van der Waals surface area contributed by atoms with Gasteiger partial charge in [0.15, 0.2) is 5.13 Å². The quantitative estimate of drug-likeness (QED) is 0.906. The summed E-state index contributed by atoms with van der Waals surface area (Å²) in [5.41, 5.74) is 0.337. The Morgan fingerprint density at radius 1 is 1.38 bits per heavy atom. The predicted octanol–water partition coefficient (Wildman–Crippen LogP) is 3.70. The Morgan fingerprint density at radius 2 is 2.19 bits per heavy atom. The van der Waals surface area contributed by atoms with Crippen molar-refractivity contribution in [2.45, 2.75) is 0 Å². The maximum Gasteiger partial charge on any atom is 0.259 e. The van der Waals surface area contributed by atoms with Gasteiger partial charge in [0.25, 0.3) is 5.91 Å². The molecule has 16 heavy (non-hydrogen) atoms. The summed E-state index contributed by atoms with van der Waals surface area (Å²) in [7, 11) is 0. The molecule has 1 amide bonds. The number of rotatable bonds is 2. The van der Waals surface area contributed by atoms with Crippen LogP contribution >= 0.6 is 34.5 Å². The van der Waals surface area contributed by atoms with E-state index >= 15 is 0 Å². The maximum atomic E-state index is 11.8. The van der Waals surface area contributed by atoms with Crippen LogP contribution in [0.25, 0.3) is 0 Å². The number of thiazole rings is 1. The molecule has 0 aliphatic carbocycles. The van der Waals surface area contributed by atoms with E-state index in [0.717, 1.165) is 0 Å². The number of nitrogens with one attached hydrogen (secondary N) is 1. The van der Waals surface area contributed by atoms with E-state index in [1.54, 1.807) is 23.7 Å². The van der Waals surface area contributed by atoms with E-state index < -0.39 is 0 Å². The van der Waals surface area contributed by atoms with Gasteiger partial charge in [0, 0.05) is 16.6 Å². The predicted molar refractivity (Wildman–Crippen MR) is 66.5 cm³/mol. The summed E-state index contributed by atoms with van der Waals surface area (Å²) in [5.74, 6) is -0.317. The number of hydrogen-bond acceptors (Lipinski definition) is 3. The molecule has 0 radical (unpaired) electrons. The second-order valence-electron chi connectivity index (χ2n) is 2.92. The summed E-state index contributed by atoms with van der Waals surface area (Å²) in [6.07, 6.45) is 1.61. The Hall–Kier alpha value is -1.10. The third-order valence-corrected chi connectivity index (χ3v) is 3.08. The lowest BCUT2D eigenvalue weighted by Crippen LogP contribution is -2.12. The molecule has 1 N–H and O–H groups in total. The second-order valence-corrected chi connectivity index (χ2v) is 4.65. The van der Waals surface area contributed by atoms with Crippen molar-refractivity contribution in [1.29, 1.82) is 0 Å². The van der Waals surface area contributed by atoms with Crippen LogP contribution in [0.5, 0.6) is 0 Å². The number of carbonyl (C=O) groups excluding carboxylic acids is 1. The van der Waals surface area contributed by atoms with Gasteiger partial charge in [-0.15, -0.1) is 11.3 Å². The molecule has 0 bridgehead atoms. The van der Waals surface area contributed by atoms with Crippen LogP contribution in [0, 0.1) is 0 Å². The molecule has 82 valence electrons. The van der Waals surface area contributed by atoms with Gasteiger partial charge in [-0.2, -0.15) is 0 Å². The van der Waals surface area contributed by atoms with Crippen molar-refractivity contribution >= 4 is 45.6 Å². The van der Waals surface area contributed by atoms with Gasteiger partial charge < -0.3 is 0 Å². The van der Waals surface area contributed by atoms with E-state index in [1.165, 1.54) is 17.4 Å². The highest BCUT2D eigenvalue weighted by Gasteiger charge is 2.11. The first-order chi connectivity index (χ1) is 7.66. The average molecular weight is 273 g/mol. The van der Waals surface area contributed by atoms with E-state index in [-0.39, 0.29) is 5.91 Å². The first-order valence-corrected chi connectivity index (χ1v) is 5.96. The zero-order chi connectivity index (χ0) is 11.5. The lowest BCUT2D eigenvalue weighted by atomic mass is 10.2. The van der Waals surface area contributed by atoms with Gasteiger partial charge in [0.05, 0.1) is 10.6 Å². The van der Waals surface area contributed by atoms with E-state index in [2.05, 4.69) is 10.3 Å². The van der Waals surface area contributed by atoms with Crippen molar-refractivity contribution < 1.29 is 4.79 Å². The molecule has 1 aromatic heterocycles. The third kappa shape index (κ3) is 2.52. The van der Waals surface area contributed by atoms with Crippen molar-refractivity contribution in [2.75, 3.05) is 5.32 Å². The molecular weight excluding hydrogens is 267 g/mol. The third-order valence-electron chi connectivity index (χ3n) is 1.83. The molecule has 1 aromatic carbocycles. The minimum Gasteiger partial charge on any atom is -0.298 e. The SMILES string of the molecule is O=C(Nc1nccs1)c1cc(Cl)ccc1Cl. The van der Waals surface area contributed by atoms with Crippen LogP contribution in [0.3, 0.4) is 0 Å². The highest BCUT2D eigenvalue weighted by molar-refractivity contribution is 7.13. The number of amides is 1. The maximum absolute atomic E-state index is 11.8. The molecule has 2 aromatic rings. The Morgan fingerprint density at radius 3 is 2.88 bits per heavy atom. The Labute approximate surface area is 106 Å². The molecule has 0 aliphatic heterocycles. The number of carbonyl (C=O) groups is 1. The van der Waals surface area contributed by atoms with Crippen LogP contribution in [0.15, 0.2) is 29.8 Å². The smallest absolute Gasteiger partial charge is 0.259 e. The molecule has 0 fully saturated rings. The summed E-state index contributed by atoms with van der Waals surface area (Å²) >= 11 is 13.0. The van der Waals surface area contributed by atoms with E-state index in [1.807, 2.05) is 0 Å². The second kappa shape index (κ2) is 4.82. The monoisotopic (exact) mass is 272 g/mol. The van der Waals surface area contributed by atoms with Crippen LogP contribution in [-0.2, 0) is 0 Å². The highest BCUT2D eigenvalue weighted by atomic mass is 35.5. The minimum absolute atomic E-state index is 0.317. The van der Waals surface area contributed by atoms with Crippen molar-refractivity contribution in [2.24, 2.45) is 0 Å². The molecule has 0 unspecified atom stereocenters. The van der Waals surface area contributed by atoms with Gasteiger partial charge in [-0.1, -0.05) is 23.2 Å². The molecule has 0 saturated carbocycles. The molecule has 6 heteroatoms. The molecular formula is C10H6Cl2N2OS. The lowest BCUT2D eigenvalue weighted by Gasteiger charge is -2.04. The fraction of sp³-hybridized carbons (Fsp3) is 0. The van der Waals surface area contributed by atoms with Gasteiger partial charge in [-0.05, 0) is 18.2 Å². The molecule has 3 nitrogen and oxygen atoms in total. The van der Waals surface area contributed by atoms with Crippen molar-refractivity contribution in [3.63, 3.8) is 0 Å². The van der Waals surface area contributed by atoms with Crippen molar-refractivity contribution in [3.05, 3.63) is 45.4 Å². The normalized spacial score (nSPS) is 10.1. The van der Waals surface area contributed by atoms with Crippen LogP contribution in [0.1, 0.15) is 10.4 Å². The van der Waals surface area contributed by atoms with E-state index in [0.29, 0.717) is 20.7 Å². The first-order valence-electron chi connectivity index (χ1n) is 4.33. The summed E-state index contributed by atoms with van der Waals surface area (Å²) in [4.78, 5) is 15.7. The Bertz CT molecular complexity index is 514. The zero-order valence-corrected chi connectivity index (χ0v) is 10.2. The van der Waals surface area contributed by atoms with Gasteiger partial charge in [-0.25, -0.2) is 4.98 Å². The molecule has 0 spiro atoms. The number of aromatic nitrogens is 1. The number of hydrogen-bond donors (Lipinski definition) is 1. The molecule has 0 atom stereocenters. The van der Waals surface area contributed by atoms with Crippen LogP contribution in [0.2, 0.25) is 10.0 Å². The molecule has 2 rings (SSSR count). The minimum atomic E-state index is -0.317. The Balaban J connectivity index is 2.24. The largest absolute Gasteiger partial charge is 0.298 e. The molecule has 0 saturated heterocycles. The number of benzene rings is 1. The summed E-state index contributed by atoms with van der Waals surface area (Å²) in [5, 5.41) is 5.76. The number of halogens is 2. The fourth-order valence-electron chi connectivity index (χ4n) is 1.12. The standard InChI is InChI=1S/C10H6Cl2N2OS/c11-6-1-2-8(12)7(5-6)9(15)14-10-13-3-4-16-10/h1-5H,(H,13,14,15). The zero-order valence-electron chi connectivity index (χ0n) is 7.91. The summed E-state index contributed by atoms with van der Waals surface area (Å²) in [6.45, 7) is 0. The van der Waals surface area contributed by atoms with Crippen LogP contribution in [-0.4, -0.2) is 10.9 Å². The van der Waals surface area contributed by atoms with E-state index in [4.69, 9.17) is 23.2 Å². The molecule has 1 heterocycles. The van der Waals surface area contributed by atoms with E-state index in [9.17, 15) is 4.79 Å². The molecule has 0 aliphatic rings. The van der Waals surface area contributed by atoms with Gasteiger partial charge in [0.2, 0.25) is 0 Å². The van der Waals surface area contributed by atoms with Crippen LogP contribution in [0.4, 0.5) is 5.13 Å². The number of nitrogens with zero attached hydrogens (tertiary/aromatic N) is 1. The van der Waals surface area contributed by atoms with Gasteiger partial charge in [-0.3, -0.25) is 10.1 Å². The number of anilines is 1. The first kappa shape index (κ1) is 11.4. The van der Waals surface area contributed by atoms with Crippen LogP contribution < -0.4 is 5.32 Å². The van der Waals surface area contributed by atoms with Gasteiger partial charge >= 0.3 is 0 Å². The lowest BCUT2D eigenvalue weighted by molar-refractivity contribution is 0.102. The van der Waals surface area contributed by atoms with Gasteiger partial charge in [0.1, 0.15) is 0 Å². The topological polar surface area (TPSA) is 42.0 Å². The van der Waals surface area contributed by atoms with Crippen molar-refractivity contribution in [3.8, 4) is 0 Å². The highest BCUT2D eigenvalue weighted by Crippen LogP contribution is 2.22. The summed E-state index contributed by atoms with van der Waals surface area (Å²) < 4.78 is 0.